The van der Waals surface area contributed by atoms with Crippen molar-refractivity contribution in [2.24, 2.45) is 11.8 Å². The molecule has 2 aliphatic rings. The quantitative estimate of drug-likeness (QED) is 0.764. The molecule has 2 atom stereocenters. The Labute approximate surface area is 175 Å². The molecular weight excluding hydrogens is 386 g/mol. The molecule has 2 aromatic rings. The summed E-state index contributed by atoms with van der Waals surface area (Å²) >= 11 is 0. The largest absolute Gasteiger partial charge is 0.478 e. The third kappa shape index (κ3) is 3.58. The van der Waals surface area contributed by atoms with Gasteiger partial charge in [-0.3, -0.25) is 9.78 Å². The van der Waals surface area contributed by atoms with Crippen LogP contribution >= 0.6 is 0 Å². The summed E-state index contributed by atoms with van der Waals surface area (Å²) in [6.07, 6.45) is 8.77. The summed E-state index contributed by atoms with van der Waals surface area (Å²) in [6.45, 7) is 5.46. The van der Waals surface area contributed by atoms with Crippen LogP contribution in [0.4, 0.5) is 0 Å². The van der Waals surface area contributed by atoms with E-state index in [2.05, 4.69) is 19.9 Å². The lowest BCUT2D eigenvalue weighted by molar-refractivity contribution is -0.141. The number of amides is 1. The molecule has 30 heavy (non-hydrogen) atoms. The van der Waals surface area contributed by atoms with E-state index in [9.17, 15) is 9.90 Å². The average Bonchev–Trinajstić information content (AvgIpc) is 2.74. The van der Waals surface area contributed by atoms with Gasteiger partial charge in [0.2, 0.25) is 5.88 Å². The van der Waals surface area contributed by atoms with Crippen LogP contribution in [0, 0.1) is 11.8 Å². The predicted molar refractivity (Wildman–Crippen MR) is 107 cm³/mol. The van der Waals surface area contributed by atoms with Gasteiger partial charge < -0.3 is 19.5 Å². The van der Waals surface area contributed by atoms with Crippen molar-refractivity contribution in [1.82, 2.24) is 24.8 Å². The lowest BCUT2D eigenvalue weighted by atomic mass is 9.63. The molecule has 1 saturated carbocycles. The Hall–Kier alpha value is -2.81. The highest BCUT2D eigenvalue weighted by molar-refractivity contribution is 5.92. The standard InChI is InChI=1S/C21H27N5O4/c1-3-29-18-16(10-24-20(25-18)30-4-2)21(28)14-6-5-7-15(21)13-26(12-14)19(27)17-11-22-8-9-23-17/h8-11,14-15,28H,3-7,12-13H2,1-2H3/t14-,15-/m1/s1. The molecule has 1 aliphatic carbocycles. The normalized spacial score (nSPS) is 25.6. The minimum absolute atomic E-state index is 0.147. The first-order valence-electron chi connectivity index (χ1n) is 10.5. The van der Waals surface area contributed by atoms with Gasteiger partial charge in [0, 0.05) is 43.5 Å². The van der Waals surface area contributed by atoms with Crippen molar-refractivity contribution in [2.75, 3.05) is 26.3 Å². The fourth-order valence-electron chi connectivity index (χ4n) is 4.70. The number of rotatable bonds is 6. The van der Waals surface area contributed by atoms with Crippen molar-refractivity contribution in [3.63, 3.8) is 0 Å². The van der Waals surface area contributed by atoms with Gasteiger partial charge in [0.25, 0.3) is 5.91 Å². The number of hydrogen-bond acceptors (Lipinski definition) is 8. The van der Waals surface area contributed by atoms with Crippen molar-refractivity contribution < 1.29 is 19.4 Å². The average molecular weight is 413 g/mol. The van der Waals surface area contributed by atoms with Crippen molar-refractivity contribution in [3.05, 3.63) is 36.0 Å². The van der Waals surface area contributed by atoms with E-state index in [0.717, 1.165) is 19.3 Å². The van der Waals surface area contributed by atoms with Crippen molar-refractivity contribution in [3.8, 4) is 11.9 Å². The van der Waals surface area contributed by atoms with E-state index in [4.69, 9.17) is 9.47 Å². The van der Waals surface area contributed by atoms with Crippen LogP contribution in [0.15, 0.2) is 24.8 Å². The smallest absolute Gasteiger partial charge is 0.319 e. The predicted octanol–water partition coefficient (Wildman–Crippen LogP) is 1.82. The van der Waals surface area contributed by atoms with Gasteiger partial charge in [-0.05, 0) is 26.7 Å². The first-order chi connectivity index (χ1) is 14.6. The van der Waals surface area contributed by atoms with Crippen molar-refractivity contribution in [1.29, 1.82) is 0 Å². The van der Waals surface area contributed by atoms with E-state index in [1.165, 1.54) is 12.4 Å². The minimum atomic E-state index is -1.16. The number of ether oxygens (including phenoxy) is 2. The van der Waals surface area contributed by atoms with Crippen LogP contribution in [0.2, 0.25) is 0 Å². The summed E-state index contributed by atoms with van der Waals surface area (Å²) in [6, 6.07) is 0.230. The summed E-state index contributed by atoms with van der Waals surface area (Å²) in [4.78, 5) is 31.5. The number of carbonyl (C=O) groups is 1. The number of hydrogen-bond donors (Lipinski definition) is 1. The third-order valence-electron chi connectivity index (χ3n) is 6.02. The highest BCUT2D eigenvalue weighted by atomic mass is 16.5. The van der Waals surface area contributed by atoms with E-state index in [-0.39, 0.29) is 23.8 Å². The van der Waals surface area contributed by atoms with Crippen molar-refractivity contribution in [2.45, 2.75) is 38.7 Å². The van der Waals surface area contributed by atoms with Crippen LogP contribution in [0.5, 0.6) is 11.9 Å². The zero-order chi connectivity index (χ0) is 21.1. The molecule has 9 nitrogen and oxygen atoms in total. The highest BCUT2D eigenvalue weighted by Gasteiger charge is 2.54. The van der Waals surface area contributed by atoms with Gasteiger partial charge in [0.1, 0.15) is 11.3 Å². The van der Waals surface area contributed by atoms with E-state index >= 15 is 0 Å². The number of fused-ring (bicyclic) bond motifs is 2. The SMILES string of the molecule is CCOc1ncc(C2(O)[C@@H]3CCC[C@@H]2CN(C(=O)c2cnccn2)C3)c(OCC)n1. The molecule has 0 radical (unpaired) electrons. The molecule has 1 aliphatic heterocycles. The van der Waals surface area contributed by atoms with E-state index < -0.39 is 5.60 Å². The summed E-state index contributed by atoms with van der Waals surface area (Å²) in [5, 5.41) is 12.0. The summed E-state index contributed by atoms with van der Waals surface area (Å²) < 4.78 is 11.2. The monoisotopic (exact) mass is 413 g/mol. The molecule has 1 N–H and O–H groups in total. The van der Waals surface area contributed by atoms with Crippen LogP contribution < -0.4 is 9.47 Å². The number of piperidine rings is 1. The molecule has 2 bridgehead atoms. The van der Waals surface area contributed by atoms with Crippen LogP contribution in [-0.4, -0.2) is 62.2 Å². The molecule has 4 rings (SSSR count). The maximum absolute atomic E-state index is 12.9. The van der Waals surface area contributed by atoms with Gasteiger partial charge in [-0.1, -0.05) is 6.42 Å². The minimum Gasteiger partial charge on any atom is -0.478 e. The van der Waals surface area contributed by atoms with E-state index in [1.54, 1.807) is 17.3 Å². The third-order valence-corrected chi connectivity index (χ3v) is 6.02. The van der Waals surface area contributed by atoms with Gasteiger partial charge in [-0.25, -0.2) is 9.97 Å². The van der Waals surface area contributed by atoms with Crippen LogP contribution in [0.3, 0.4) is 0 Å². The maximum Gasteiger partial charge on any atom is 0.319 e. The molecule has 3 heterocycles. The lowest BCUT2D eigenvalue weighted by Gasteiger charge is -2.53. The molecule has 2 aromatic heterocycles. The van der Waals surface area contributed by atoms with Crippen LogP contribution in [0.1, 0.15) is 49.2 Å². The second-order valence-electron chi connectivity index (χ2n) is 7.69. The number of nitrogens with zero attached hydrogens (tertiary/aromatic N) is 5. The molecule has 160 valence electrons. The maximum atomic E-state index is 12.9. The number of carbonyl (C=O) groups excluding carboxylic acids is 1. The van der Waals surface area contributed by atoms with E-state index in [1.807, 2.05) is 13.8 Å². The second-order valence-corrected chi connectivity index (χ2v) is 7.69. The fourth-order valence-corrected chi connectivity index (χ4v) is 4.70. The van der Waals surface area contributed by atoms with Gasteiger partial charge in [0.05, 0.1) is 25.0 Å². The Kier molecular flexibility index (Phi) is 5.80. The van der Waals surface area contributed by atoms with Gasteiger partial charge in [0.15, 0.2) is 0 Å². The zero-order valence-corrected chi connectivity index (χ0v) is 17.3. The first kappa shape index (κ1) is 20.5. The number of aliphatic hydroxyl groups is 1. The summed E-state index contributed by atoms with van der Waals surface area (Å²) in [5.41, 5.74) is -0.262. The first-order valence-corrected chi connectivity index (χ1v) is 10.5. The van der Waals surface area contributed by atoms with Gasteiger partial charge in [-0.2, -0.15) is 4.98 Å². The molecular formula is C21H27N5O4. The fraction of sp³-hybridized carbons (Fsp3) is 0.571. The Morgan fingerprint density at radius 1 is 1.13 bits per heavy atom. The Bertz CT molecular complexity index is 880. The van der Waals surface area contributed by atoms with E-state index in [0.29, 0.717) is 43.4 Å². The van der Waals surface area contributed by atoms with Crippen molar-refractivity contribution >= 4 is 5.91 Å². The lowest BCUT2D eigenvalue weighted by Crippen LogP contribution is -2.59. The molecule has 2 fully saturated rings. The molecule has 0 unspecified atom stereocenters. The Balaban J connectivity index is 1.66. The number of likely N-dealkylation sites (tertiary alicyclic amines) is 1. The second kappa shape index (κ2) is 8.51. The zero-order valence-electron chi connectivity index (χ0n) is 17.3. The molecule has 1 amide bonds. The summed E-state index contributed by atoms with van der Waals surface area (Å²) in [7, 11) is 0. The topological polar surface area (TPSA) is 111 Å². The molecule has 0 spiro atoms. The van der Waals surface area contributed by atoms with Gasteiger partial charge in [-0.15, -0.1) is 0 Å². The highest BCUT2D eigenvalue weighted by Crippen LogP contribution is 2.51. The number of aromatic nitrogens is 4. The Morgan fingerprint density at radius 2 is 1.87 bits per heavy atom. The molecule has 0 aromatic carbocycles. The van der Waals surface area contributed by atoms with Crippen LogP contribution in [0.25, 0.3) is 0 Å². The molecule has 9 heteroatoms. The Morgan fingerprint density at radius 3 is 2.50 bits per heavy atom. The summed E-state index contributed by atoms with van der Waals surface area (Å²) in [5.74, 6) is -0.100. The van der Waals surface area contributed by atoms with Gasteiger partial charge >= 0.3 is 6.01 Å². The van der Waals surface area contributed by atoms with Crippen LogP contribution in [-0.2, 0) is 5.60 Å². The molecule has 1 saturated heterocycles.